The fourth-order valence-electron chi connectivity index (χ4n) is 4.55. The Labute approximate surface area is 179 Å². The Hall–Kier alpha value is -1.75. The van der Waals surface area contributed by atoms with Crippen LogP contribution in [0, 0.1) is 11.8 Å². The first-order valence-electron chi connectivity index (χ1n) is 11.1. The zero-order chi connectivity index (χ0) is 20.8. The second kappa shape index (κ2) is 10.3. The zero-order valence-corrected chi connectivity index (χ0v) is 18.4. The van der Waals surface area contributed by atoms with Gasteiger partial charge < -0.3 is 15.5 Å². The number of likely N-dealkylation sites (tertiary alicyclic amines) is 1. The highest BCUT2D eigenvalue weighted by atomic mass is 35.5. The van der Waals surface area contributed by atoms with E-state index < -0.39 is 0 Å². The molecule has 1 aliphatic carbocycles. The molecule has 1 aliphatic heterocycles. The van der Waals surface area contributed by atoms with Crippen LogP contribution in [0.4, 0.5) is 4.79 Å². The first kappa shape index (κ1) is 21.9. The maximum atomic E-state index is 12.7. The van der Waals surface area contributed by atoms with Crippen molar-refractivity contribution in [3.05, 3.63) is 34.9 Å². The van der Waals surface area contributed by atoms with Crippen molar-refractivity contribution < 1.29 is 9.59 Å². The number of halogens is 1. The molecule has 0 radical (unpaired) electrons. The van der Waals surface area contributed by atoms with Gasteiger partial charge in [0.1, 0.15) is 0 Å². The fraction of sp³-hybridized carbons (Fsp3) is 0.652. The van der Waals surface area contributed by atoms with Crippen molar-refractivity contribution in [1.82, 2.24) is 15.5 Å². The van der Waals surface area contributed by atoms with Crippen LogP contribution >= 0.6 is 11.6 Å². The van der Waals surface area contributed by atoms with Crippen LogP contribution < -0.4 is 10.6 Å². The number of carbonyl (C=O) groups is 2. The van der Waals surface area contributed by atoms with E-state index in [0.717, 1.165) is 44.3 Å². The SMILES string of the molecule is CC(C)C(NC(=O)NC1CCN(C(=O)C2CCCCC2)CC1)c1ccccc1Cl. The fourth-order valence-corrected chi connectivity index (χ4v) is 4.80. The van der Waals surface area contributed by atoms with Crippen molar-refractivity contribution in [3.8, 4) is 0 Å². The van der Waals surface area contributed by atoms with E-state index in [1.807, 2.05) is 29.2 Å². The maximum Gasteiger partial charge on any atom is 0.315 e. The normalized spacial score (nSPS) is 19.8. The molecule has 6 heteroatoms. The lowest BCUT2D eigenvalue weighted by atomic mass is 9.87. The van der Waals surface area contributed by atoms with Gasteiger partial charge >= 0.3 is 6.03 Å². The molecule has 1 aromatic carbocycles. The number of rotatable bonds is 5. The largest absolute Gasteiger partial charge is 0.342 e. The van der Waals surface area contributed by atoms with Crippen molar-refractivity contribution in [1.29, 1.82) is 0 Å². The second-order valence-corrected chi connectivity index (χ2v) is 9.20. The number of hydrogen-bond acceptors (Lipinski definition) is 2. The molecule has 0 aromatic heterocycles. The van der Waals surface area contributed by atoms with Crippen molar-refractivity contribution in [2.45, 2.75) is 70.9 Å². The molecular formula is C23H34ClN3O2. The van der Waals surface area contributed by atoms with Crippen LogP contribution in [0.15, 0.2) is 24.3 Å². The standard InChI is InChI=1S/C23H34ClN3O2/c1-16(2)21(19-10-6-7-11-20(19)24)26-23(29)25-18-12-14-27(15-13-18)22(28)17-8-4-3-5-9-17/h6-7,10-11,16-18,21H,3-5,8-9,12-15H2,1-2H3,(H2,25,26,29). The quantitative estimate of drug-likeness (QED) is 0.712. The number of amides is 3. The Bertz CT molecular complexity index is 695. The topological polar surface area (TPSA) is 61.4 Å². The van der Waals surface area contributed by atoms with Crippen LogP contribution in [-0.2, 0) is 4.79 Å². The van der Waals surface area contributed by atoms with E-state index in [1.165, 1.54) is 19.3 Å². The van der Waals surface area contributed by atoms with Crippen molar-refractivity contribution in [2.24, 2.45) is 11.8 Å². The van der Waals surface area contributed by atoms with Gasteiger partial charge in [-0.15, -0.1) is 0 Å². The third-order valence-electron chi connectivity index (χ3n) is 6.29. The van der Waals surface area contributed by atoms with Gasteiger partial charge in [0.25, 0.3) is 0 Å². The molecule has 0 spiro atoms. The Morgan fingerprint density at radius 1 is 1.03 bits per heavy atom. The van der Waals surface area contributed by atoms with Gasteiger partial charge in [-0.05, 0) is 43.2 Å². The molecule has 2 N–H and O–H groups in total. The summed E-state index contributed by atoms with van der Waals surface area (Å²) < 4.78 is 0. The maximum absolute atomic E-state index is 12.7. The number of hydrogen-bond donors (Lipinski definition) is 2. The Kier molecular flexibility index (Phi) is 7.82. The van der Waals surface area contributed by atoms with Gasteiger partial charge in [0.2, 0.25) is 5.91 Å². The van der Waals surface area contributed by atoms with Crippen LogP contribution in [0.2, 0.25) is 5.02 Å². The van der Waals surface area contributed by atoms with E-state index in [0.29, 0.717) is 10.9 Å². The highest BCUT2D eigenvalue weighted by Gasteiger charge is 2.30. The average molecular weight is 420 g/mol. The number of nitrogens with one attached hydrogen (secondary N) is 2. The monoisotopic (exact) mass is 419 g/mol. The zero-order valence-electron chi connectivity index (χ0n) is 17.6. The summed E-state index contributed by atoms with van der Waals surface area (Å²) in [5.74, 6) is 0.765. The molecular weight excluding hydrogens is 386 g/mol. The molecule has 160 valence electrons. The van der Waals surface area contributed by atoms with Gasteiger partial charge in [-0.25, -0.2) is 4.79 Å². The van der Waals surface area contributed by atoms with Gasteiger partial charge in [0.15, 0.2) is 0 Å². The van der Waals surface area contributed by atoms with Gasteiger partial charge in [0, 0.05) is 30.1 Å². The average Bonchev–Trinajstić information content (AvgIpc) is 2.73. The lowest BCUT2D eigenvalue weighted by molar-refractivity contribution is -0.137. The number of urea groups is 1. The molecule has 1 unspecified atom stereocenters. The summed E-state index contributed by atoms with van der Waals surface area (Å²) >= 11 is 6.34. The van der Waals surface area contributed by atoms with Gasteiger partial charge in [-0.1, -0.05) is 62.9 Å². The van der Waals surface area contributed by atoms with E-state index in [1.54, 1.807) is 0 Å². The Balaban J connectivity index is 1.48. The van der Waals surface area contributed by atoms with Gasteiger partial charge in [0.05, 0.1) is 6.04 Å². The van der Waals surface area contributed by atoms with Crippen molar-refractivity contribution >= 4 is 23.5 Å². The molecule has 1 saturated heterocycles. The van der Waals surface area contributed by atoms with Crippen LogP contribution in [0.1, 0.15) is 70.4 Å². The lowest BCUT2D eigenvalue weighted by Gasteiger charge is -2.35. The predicted octanol–water partition coefficient (Wildman–Crippen LogP) is 4.91. The highest BCUT2D eigenvalue weighted by molar-refractivity contribution is 6.31. The van der Waals surface area contributed by atoms with E-state index >= 15 is 0 Å². The molecule has 1 aromatic rings. The molecule has 2 fully saturated rings. The molecule has 0 bridgehead atoms. The molecule has 5 nitrogen and oxygen atoms in total. The summed E-state index contributed by atoms with van der Waals surface area (Å²) in [5.41, 5.74) is 0.937. The third kappa shape index (κ3) is 5.88. The highest BCUT2D eigenvalue weighted by Crippen LogP contribution is 2.28. The predicted molar refractivity (Wildman–Crippen MR) is 117 cm³/mol. The van der Waals surface area contributed by atoms with Crippen LogP contribution in [-0.4, -0.2) is 36.0 Å². The molecule has 1 saturated carbocycles. The number of piperidine rings is 1. The van der Waals surface area contributed by atoms with Crippen LogP contribution in [0.25, 0.3) is 0 Å². The third-order valence-corrected chi connectivity index (χ3v) is 6.63. The molecule has 3 amide bonds. The summed E-state index contributed by atoms with van der Waals surface area (Å²) in [6.45, 7) is 5.62. The minimum atomic E-state index is -0.166. The van der Waals surface area contributed by atoms with E-state index in [2.05, 4.69) is 24.5 Å². The lowest BCUT2D eigenvalue weighted by Crippen LogP contribution is -2.51. The minimum Gasteiger partial charge on any atom is -0.342 e. The molecule has 3 rings (SSSR count). The second-order valence-electron chi connectivity index (χ2n) is 8.80. The molecule has 2 aliphatic rings. The van der Waals surface area contributed by atoms with Crippen LogP contribution in [0.3, 0.4) is 0 Å². The smallest absolute Gasteiger partial charge is 0.315 e. The van der Waals surface area contributed by atoms with Gasteiger partial charge in [-0.2, -0.15) is 0 Å². The summed E-state index contributed by atoms with van der Waals surface area (Å²) in [5, 5.41) is 6.86. The molecule has 1 atom stereocenters. The Morgan fingerprint density at radius 3 is 2.31 bits per heavy atom. The van der Waals surface area contributed by atoms with E-state index in [9.17, 15) is 9.59 Å². The summed E-state index contributed by atoms with van der Waals surface area (Å²) in [6.07, 6.45) is 7.31. The van der Waals surface area contributed by atoms with E-state index in [-0.39, 0.29) is 30.0 Å². The number of carbonyl (C=O) groups excluding carboxylic acids is 2. The Morgan fingerprint density at radius 2 is 1.69 bits per heavy atom. The van der Waals surface area contributed by atoms with Gasteiger partial charge in [-0.3, -0.25) is 4.79 Å². The van der Waals surface area contributed by atoms with Crippen molar-refractivity contribution in [2.75, 3.05) is 13.1 Å². The summed E-state index contributed by atoms with van der Waals surface area (Å²) in [7, 11) is 0. The summed E-state index contributed by atoms with van der Waals surface area (Å²) in [4.78, 5) is 27.3. The first-order valence-corrected chi connectivity index (χ1v) is 11.4. The summed E-state index contributed by atoms with van der Waals surface area (Å²) in [6, 6.07) is 7.44. The number of benzene rings is 1. The molecule has 29 heavy (non-hydrogen) atoms. The van der Waals surface area contributed by atoms with E-state index in [4.69, 9.17) is 11.6 Å². The van der Waals surface area contributed by atoms with Crippen LogP contribution in [0.5, 0.6) is 0 Å². The first-order chi connectivity index (χ1) is 14.0. The molecule has 1 heterocycles. The van der Waals surface area contributed by atoms with Crippen molar-refractivity contribution in [3.63, 3.8) is 0 Å². The number of nitrogens with zero attached hydrogens (tertiary/aromatic N) is 1. The minimum absolute atomic E-state index is 0.101.